The van der Waals surface area contributed by atoms with E-state index < -0.39 is 96.8 Å². The summed E-state index contributed by atoms with van der Waals surface area (Å²) in [4.78, 5) is 89.8. The third-order valence-corrected chi connectivity index (χ3v) is 21.7. The van der Waals surface area contributed by atoms with E-state index in [1.54, 1.807) is 6.92 Å². The number of phosphoric acid groups is 3. The number of nitrogen functional groups attached to an aromatic ring is 1. The van der Waals surface area contributed by atoms with Gasteiger partial charge in [-0.25, -0.2) is 28.6 Å². The molecule has 4 saturated carbocycles. The van der Waals surface area contributed by atoms with Gasteiger partial charge in [-0.1, -0.05) is 52.5 Å². The first-order valence-corrected chi connectivity index (χ1v) is 32.1. The van der Waals surface area contributed by atoms with Gasteiger partial charge in [0.25, 0.3) is 0 Å². The average molecular weight is 1200 g/mol. The fourth-order valence-electron chi connectivity index (χ4n) is 13.4. The number of hydrogen-bond acceptors (Lipinski definition) is 21. The Morgan fingerprint density at radius 1 is 0.975 bits per heavy atom. The van der Waals surface area contributed by atoms with Crippen molar-refractivity contribution >= 4 is 69.1 Å². The van der Waals surface area contributed by atoms with Crippen LogP contribution in [-0.4, -0.2) is 156 Å². The zero-order chi connectivity index (χ0) is 58.2. The Morgan fingerprint density at radius 2 is 1.68 bits per heavy atom. The molecule has 31 heteroatoms. The number of amides is 2. The quantitative estimate of drug-likeness (QED) is 0.0408. The molecule has 5 fully saturated rings. The predicted octanol–water partition coefficient (Wildman–Crippen LogP) is 2.99. The highest BCUT2D eigenvalue weighted by Gasteiger charge is 2.66. The molecule has 79 heavy (non-hydrogen) atoms. The summed E-state index contributed by atoms with van der Waals surface area (Å²) in [5.41, 5.74) is 4.54. The largest absolute Gasteiger partial charge is 0.481 e. The summed E-state index contributed by atoms with van der Waals surface area (Å²) in [6, 6.07) is 0. The van der Waals surface area contributed by atoms with E-state index in [9.17, 15) is 73.2 Å². The molecule has 0 aromatic carbocycles. The normalized spacial score (nSPS) is 34.4. The van der Waals surface area contributed by atoms with Crippen LogP contribution < -0.4 is 16.4 Å². The molecule has 0 radical (unpaired) electrons. The van der Waals surface area contributed by atoms with E-state index in [0.29, 0.717) is 24.8 Å². The lowest BCUT2D eigenvalue weighted by Crippen LogP contribution is -2.62. The van der Waals surface area contributed by atoms with Gasteiger partial charge in [-0.15, -0.1) is 0 Å². The Kier molecular flexibility index (Phi) is 20.3. The Morgan fingerprint density at radius 3 is 2.39 bits per heavy atom. The van der Waals surface area contributed by atoms with Crippen LogP contribution in [0.1, 0.15) is 112 Å². The van der Waals surface area contributed by atoms with Crippen LogP contribution in [-0.2, 0) is 50.7 Å². The Balaban J connectivity index is 0.781. The molecule has 7 rings (SSSR count). The van der Waals surface area contributed by atoms with Crippen LogP contribution in [0.3, 0.4) is 0 Å². The molecule has 2 aromatic rings. The van der Waals surface area contributed by atoms with Crippen LogP contribution in [0.25, 0.3) is 11.2 Å². The van der Waals surface area contributed by atoms with Gasteiger partial charge in [-0.2, -0.15) is 4.31 Å². The van der Waals surface area contributed by atoms with Crippen molar-refractivity contribution in [3.63, 3.8) is 0 Å². The van der Waals surface area contributed by atoms with E-state index in [1.807, 2.05) is 6.08 Å². The number of carbonyl (C=O) groups excluding carboxylic acids is 3. The third kappa shape index (κ3) is 14.6. The highest BCUT2D eigenvalue weighted by Crippen LogP contribution is 2.68. The number of hydrogen-bond donors (Lipinski definition) is 12. The van der Waals surface area contributed by atoms with Gasteiger partial charge in [-0.05, 0) is 117 Å². The van der Waals surface area contributed by atoms with Crippen molar-refractivity contribution in [3.8, 4) is 0 Å². The van der Waals surface area contributed by atoms with E-state index in [2.05, 4.69) is 55.2 Å². The number of aliphatic hydroxyl groups excluding tert-OH is 5. The summed E-state index contributed by atoms with van der Waals surface area (Å²) in [5, 5.41) is 60.6. The minimum Gasteiger partial charge on any atom is -0.393 e. The van der Waals surface area contributed by atoms with Crippen molar-refractivity contribution < 1.29 is 95.8 Å². The van der Waals surface area contributed by atoms with Crippen LogP contribution in [0.15, 0.2) is 24.3 Å². The van der Waals surface area contributed by atoms with Crippen LogP contribution in [0, 0.1) is 51.8 Å². The predicted molar refractivity (Wildman–Crippen MR) is 283 cm³/mol. The van der Waals surface area contributed by atoms with Crippen molar-refractivity contribution in [3.05, 3.63) is 24.3 Å². The first-order valence-electron chi connectivity index (χ1n) is 26.6. The lowest BCUT2D eigenvalue weighted by molar-refractivity contribution is -0.207. The van der Waals surface area contributed by atoms with E-state index >= 15 is 0 Å². The number of nitrogens with two attached hydrogens (primary N) is 1. The van der Waals surface area contributed by atoms with Gasteiger partial charge in [0.05, 0.1) is 37.9 Å². The van der Waals surface area contributed by atoms with Gasteiger partial charge in [0.15, 0.2) is 17.7 Å². The summed E-state index contributed by atoms with van der Waals surface area (Å²) in [5.74, 6) is 0.199. The molecule has 4 aliphatic carbocycles. The summed E-state index contributed by atoms with van der Waals surface area (Å²) < 4.78 is 62.8. The number of ether oxygens (including phenoxy) is 1. The molecule has 18 atom stereocenters. The second-order valence-electron chi connectivity index (χ2n) is 23.2. The number of nitrogens with zero attached hydrogens (tertiary/aromatic N) is 4. The van der Waals surface area contributed by atoms with Gasteiger partial charge < -0.3 is 66.2 Å². The number of nitrogens with one attached hydrogen (secondary N) is 2. The molecule has 1 aliphatic heterocycles. The smallest absolute Gasteiger partial charge is 0.393 e. The van der Waals surface area contributed by atoms with Crippen LogP contribution in [0.2, 0.25) is 0 Å². The first-order chi connectivity index (χ1) is 36.8. The topological polar surface area (TPSA) is 424 Å². The van der Waals surface area contributed by atoms with Crippen LogP contribution >= 0.6 is 35.2 Å². The SMILES string of the molecule is CC(=CCCC(C)C1CCC2C3C(O)CC4CC(O)CCC4(C)C3CC(O)C12C)C(=O)SCCNC(=O)CCNC(=O)C(O)C(C)(C)COP(=O)(O)OP(=O)(O)OCC1OC(n2cnc3c(N)ncnc32)C(O)C1OP(=O)(O)O. The number of rotatable bonds is 24. The van der Waals surface area contributed by atoms with E-state index in [4.69, 9.17) is 19.5 Å². The number of carbonyl (C=O) groups is 3. The maximum Gasteiger partial charge on any atom is 0.481 e. The number of allylic oxidation sites excluding steroid dienone is 1. The molecule has 27 nitrogen and oxygen atoms in total. The number of aromatic nitrogens is 4. The lowest BCUT2D eigenvalue weighted by atomic mass is 9.43. The van der Waals surface area contributed by atoms with E-state index in [0.717, 1.165) is 67.5 Å². The van der Waals surface area contributed by atoms with Gasteiger partial charge in [0.1, 0.15) is 36.3 Å². The van der Waals surface area contributed by atoms with Crippen LogP contribution in [0.4, 0.5) is 5.82 Å². The molecule has 446 valence electrons. The molecule has 2 amide bonds. The van der Waals surface area contributed by atoms with Gasteiger partial charge in [0, 0.05) is 30.7 Å². The Hall–Kier alpha value is -2.82. The highest BCUT2D eigenvalue weighted by atomic mass is 32.2. The van der Waals surface area contributed by atoms with E-state index in [-0.39, 0.29) is 99.8 Å². The standard InChI is InChI=1S/C48H78N7O20P3S/c1-25(29-10-11-30-36-31(20-34(58)48(29,30)6)47(5)14-12-28(56)18-27(47)19-32(36)57)8-7-9-26(2)45(63)79-17-16-50-35(59)13-15-51-43(62)40(61)46(3,4)22-72-78(69,70)75-77(67,68)71-21-33-39(74-76(64,65)66)38(60)44(73-33)55-24-54-37-41(49)52-23-53-42(37)55/h9,23-25,27-34,36,38-40,44,56-58,60-61H,7-8,10-22H2,1-6H3,(H,50,59)(H,51,62)(H,67,68)(H,69,70)(H2,49,52,53)(H2,64,65,66). The molecule has 5 aliphatic rings. The molecular formula is C48H78N7O20P3S. The van der Waals surface area contributed by atoms with E-state index in [1.165, 1.54) is 13.8 Å². The number of phosphoric ester groups is 3. The highest BCUT2D eigenvalue weighted by molar-refractivity contribution is 8.14. The first kappa shape index (κ1) is 63.8. The second kappa shape index (κ2) is 25.2. The van der Waals surface area contributed by atoms with Gasteiger partial charge >= 0.3 is 23.5 Å². The lowest BCUT2D eigenvalue weighted by Gasteiger charge is -2.63. The van der Waals surface area contributed by atoms with Crippen molar-refractivity contribution in [1.82, 2.24) is 30.2 Å². The van der Waals surface area contributed by atoms with Gasteiger partial charge in [-0.3, -0.25) is 32.5 Å². The van der Waals surface area contributed by atoms with Crippen molar-refractivity contribution in [2.75, 3.05) is 37.8 Å². The number of anilines is 1. The minimum atomic E-state index is -5.61. The zero-order valence-electron chi connectivity index (χ0n) is 45.1. The van der Waals surface area contributed by atoms with Crippen molar-refractivity contribution in [2.45, 2.75) is 155 Å². The van der Waals surface area contributed by atoms with Crippen molar-refractivity contribution in [1.29, 1.82) is 0 Å². The molecule has 3 heterocycles. The number of aliphatic hydroxyl groups is 5. The Bertz CT molecular complexity index is 2700. The molecule has 0 spiro atoms. The molecule has 18 unspecified atom stereocenters. The molecule has 0 bridgehead atoms. The fourth-order valence-corrected chi connectivity index (χ4v) is 16.9. The maximum absolute atomic E-state index is 13.0. The summed E-state index contributed by atoms with van der Waals surface area (Å²) >= 11 is 1.06. The molecule has 2 aromatic heterocycles. The number of imidazole rings is 1. The van der Waals surface area contributed by atoms with Crippen molar-refractivity contribution in [2.24, 2.45) is 51.8 Å². The minimum absolute atomic E-state index is 0.00939. The molecular weight excluding hydrogens is 1120 g/mol. The fraction of sp³-hybridized carbons (Fsp3) is 0.792. The molecule has 1 saturated heterocycles. The van der Waals surface area contributed by atoms with Crippen LogP contribution in [0.5, 0.6) is 0 Å². The third-order valence-electron chi connectivity index (χ3n) is 17.7. The zero-order valence-corrected chi connectivity index (χ0v) is 48.6. The number of thioether (sulfide) groups is 1. The Labute approximate surface area is 462 Å². The summed E-state index contributed by atoms with van der Waals surface area (Å²) in [6.45, 7) is 8.93. The average Bonchev–Trinajstić information content (AvgIpc) is 3.87. The second-order valence-corrected chi connectivity index (χ2v) is 28.5. The van der Waals surface area contributed by atoms with Gasteiger partial charge in [0.2, 0.25) is 16.9 Å². The summed E-state index contributed by atoms with van der Waals surface area (Å²) in [6.07, 6.45) is 0.951. The number of fused-ring (bicyclic) bond motifs is 6. The summed E-state index contributed by atoms with van der Waals surface area (Å²) in [7, 11) is -16.5. The monoisotopic (exact) mass is 1200 g/mol. The maximum atomic E-state index is 13.0. The molecule has 13 N–H and O–H groups in total.